The number of hydrogen-bond donors (Lipinski definition) is 1. The highest BCUT2D eigenvalue weighted by molar-refractivity contribution is 7.88. The van der Waals surface area contributed by atoms with Crippen molar-refractivity contribution in [1.29, 1.82) is 0 Å². The van der Waals surface area contributed by atoms with E-state index in [1.165, 1.54) is 17.4 Å². The SMILES string of the molecule is CS(=O)(=O)N1CCCC(CC(N)C2Cc3ccccc32)C1. The van der Waals surface area contributed by atoms with Crippen molar-refractivity contribution in [2.24, 2.45) is 11.7 Å². The zero-order valence-electron chi connectivity index (χ0n) is 12.5. The van der Waals surface area contributed by atoms with Crippen LogP contribution < -0.4 is 5.73 Å². The summed E-state index contributed by atoms with van der Waals surface area (Å²) in [7, 11) is -3.06. The molecular weight excluding hydrogens is 284 g/mol. The molecule has 2 N–H and O–H groups in total. The molecule has 1 fully saturated rings. The first-order valence-electron chi connectivity index (χ1n) is 7.73. The van der Waals surface area contributed by atoms with E-state index in [0.717, 1.165) is 25.7 Å². The summed E-state index contributed by atoms with van der Waals surface area (Å²) >= 11 is 0. The molecule has 0 saturated carbocycles. The average Bonchev–Trinajstić information content (AvgIpc) is 2.39. The normalized spacial score (nSPS) is 27.7. The van der Waals surface area contributed by atoms with Crippen molar-refractivity contribution in [2.45, 2.75) is 37.6 Å². The molecule has 1 saturated heterocycles. The van der Waals surface area contributed by atoms with Crippen molar-refractivity contribution in [3.8, 4) is 0 Å². The molecule has 5 heteroatoms. The standard InChI is InChI=1S/C16H24N2O2S/c1-21(19,20)18-8-4-5-12(11-18)9-16(17)15-10-13-6-2-3-7-14(13)15/h2-3,6-7,12,15-16H,4-5,8-11,17H2,1H3. The number of fused-ring (bicyclic) bond motifs is 1. The Balaban J connectivity index is 1.60. The Morgan fingerprint density at radius 3 is 2.86 bits per heavy atom. The molecule has 3 rings (SSSR count). The third-order valence-corrected chi connectivity index (χ3v) is 6.24. The first kappa shape index (κ1) is 15.0. The fraction of sp³-hybridized carbons (Fsp3) is 0.625. The van der Waals surface area contributed by atoms with E-state index in [0.29, 0.717) is 24.9 Å². The number of hydrogen-bond acceptors (Lipinski definition) is 3. The molecule has 0 bridgehead atoms. The molecule has 3 atom stereocenters. The Morgan fingerprint density at radius 2 is 2.14 bits per heavy atom. The molecule has 1 aliphatic carbocycles. The monoisotopic (exact) mass is 308 g/mol. The van der Waals surface area contributed by atoms with Crippen LogP contribution in [0.2, 0.25) is 0 Å². The van der Waals surface area contributed by atoms with Crippen LogP contribution in [-0.4, -0.2) is 38.1 Å². The van der Waals surface area contributed by atoms with Crippen LogP contribution in [0.5, 0.6) is 0 Å². The first-order valence-corrected chi connectivity index (χ1v) is 9.58. The molecule has 1 heterocycles. The molecule has 1 aliphatic heterocycles. The molecule has 3 unspecified atom stereocenters. The van der Waals surface area contributed by atoms with E-state index in [1.54, 1.807) is 4.31 Å². The summed E-state index contributed by atoms with van der Waals surface area (Å²) in [4.78, 5) is 0. The van der Waals surface area contributed by atoms with Gasteiger partial charge in [0.25, 0.3) is 0 Å². The predicted molar refractivity (Wildman–Crippen MR) is 84.6 cm³/mol. The topological polar surface area (TPSA) is 63.4 Å². The van der Waals surface area contributed by atoms with Gasteiger partial charge in [-0.1, -0.05) is 24.3 Å². The lowest BCUT2D eigenvalue weighted by Crippen LogP contribution is -2.43. The van der Waals surface area contributed by atoms with Gasteiger partial charge in [0.15, 0.2) is 0 Å². The van der Waals surface area contributed by atoms with Gasteiger partial charge in [-0.25, -0.2) is 12.7 Å². The number of sulfonamides is 1. The lowest BCUT2D eigenvalue weighted by Gasteiger charge is -2.38. The molecule has 4 nitrogen and oxygen atoms in total. The van der Waals surface area contributed by atoms with Gasteiger partial charge in [0, 0.05) is 25.0 Å². The summed E-state index contributed by atoms with van der Waals surface area (Å²) in [6.45, 7) is 1.30. The Kier molecular flexibility index (Phi) is 4.08. The Bertz CT molecular complexity index is 614. The molecule has 0 radical (unpaired) electrons. The maximum absolute atomic E-state index is 11.7. The van der Waals surface area contributed by atoms with Crippen molar-refractivity contribution in [3.63, 3.8) is 0 Å². The van der Waals surface area contributed by atoms with E-state index in [2.05, 4.69) is 24.3 Å². The summed E-state index contributed by atoms with van der Waals surface area (Å²) in [6, 6.07) is 8.64. The van der Waals surface area contributed by atoms with Gasteiger partial charge in [-0.2, -0.15) is 0 Å². The highest BCUT2D eigenvalue weighted by atomic mass is 32.2. The molecule has 0 amide bonds. The van der Waals surface area contributed by atoms with Crippen molar-refractivity contribution < 1.29 is 8.42 Å². The molecule has 2 aliphatic rings. The summed E-state index contributed by atoms with van der Waals surface area (Å²) in [5, 5.41) is 0. The van der Waals surface area contributed by atoms with Crippen LogP contribution in [0.25, 0.3) is 0 Å². The van der Waals surface area contributed by atoms with Crippen molar-refractivity contribution in [3.05, 3.63) is 35.4 Å². The predicted octanol–water partition coefficient (Wildman–Crippen LogP) is 1.72. The summed E-state index contributed by atoms with van der Waals surface area (Å²) in [6.07, 6.45) is 5.34. The molecule has 1 aromatic rings. The van der Waals surface area contributed by atoms with Crippen molar-refractivity contribution >= 4 is 10.0 Å². The highest BCUT2D eigenvalue weighted by Crippen LogP contribution is 2.39. The molecule has 21 heavy (non-hydrogen) atoms. The van der Waals surface area contributed by atoms with Gasteiger partial charge in [-0.3, -0.25) is 0 Å². The van der Waals surface area contributed by atoms with Crippen LogP contribution in [0.1, 0.15) is 36.3 Å². The minimum Gasteiger partial charge on any atom is -0.327 e. The van der Waals surface area contributed by atoms with E-state index in [1.807, 2.05) is 0 Å². The third kappa shape index (κ3) is 3.15. The molecule has 0 aromatic heterocycles. The second kappa shape index (κ2) is 5.71. The van der Waals surface area contributed by atoms with E-state index >= 15 is 0 Å². The van der Waals surface area contributed by atoms with Crippen molar-refractivity contribution in [1.82, 2.24) is 4.31 Å². The van der Waals surface area contributed by atoms with Crippen LogP contribution >= 0.6 is 0 Å². The lowest BCUT2D eigenvalue weighted by molar-refractivity contribution is 0.237. The van der Waals surface area contributed by atoms with E-state index < -0.39 is 10.0 Å². The fourth-order valence-electron chi connectivity index (χ4n) is 3.75. The molecule has 116 valence electrons. The number of nitrogens with two attached hydrogens (primary N) is 1. The summed E-state index contributed by atoms with van der Waals surface area (Å²) < 4.78 is 25.0. The van der Waals surface area contributed by atoms with Gasteiger partial charge in [0.2, 0.25) is 10.0 Å². The van der Waals surface area contributed by atoms with Gasteiger partial charge in [-0.15, -0.1) is 0 Å². The fourth-order valence-corrected chi connectivity index (χ4v) is 4.69. The maximum atomic E-state index is 11.7. The van der Waals surface area contributed by atoms with E-state index in [4.69, 9.17) is 5.73 Å². The number of nitrogens with zero attached hydrogens (tertiary/aromatic N) is 1. The van der Waals surface area contributed by atoms with Gasteiger partial charge < -0.3 is 5.73 Å². The van der Waals surface area contributed by atoms with Crippen LogP contribution in [0.15, 0.2) is 24.3 Å². The van der Waals surface area contributed by atoms with Gasteiger partial charge in [0.05, 0.1) is 6.26 Å². The van der Waals surface area contributed by atoms with Gasteiger partial charge in [0.1, 0.15) is 0 Å². The summed E-state index contributed by atoms with van der Waals surface area (Å²) in [5.74, 6) is 0.853. The Morgan fingerprint density at radius 1 is 1.38 bits per heavy atom. The van der Waals surface area contributed by atoms with Crippen LogP contribution in [0, 0.1) is 5.92 Å². The minimum absolute atomic E-state index is 0.143. The maximum Gasteiger partial charge on any atom is 0.211 e. The second-order valence-electron chi connectivity index (χ2n) is 6.54. The van der Waals surface area contributed by atoms with Gasteiger partial charge in [-0.05, 0) is 42.7 Å². The second-order valence-corrected chi connectivity index (χ2v) is 8.52. The van der Waals surface area contributed by atoms with Crippen LogP contribution in [0.4, 0.5) is 0 Å². The molecule has 1 aromatic carbocycles. The van der Waals surface area contributed by atoms with Gasteiger partial charge >= 0.3 is 0 Å². The highest BCUT2D eigenvalue weighted by Gasteiger charge is 2.33. The summed E-state index contributed by atoms with van der Waals surface area (Å²) in [5.41, 5.74) is 9.22. The quantitative estimate of drug-likeness (QED) is 0.921. The van der Waals surface area contributed by atoms with Crippen LogP contribution in [-0.2, 0) is 16.4 Å². The zero-order chi connectivity index (χ0) is 15.0. The first-order chi connectivity index (χ1) is 9.95. The molecular formula is C16H24N2O2S. The van der Waals surface area contributed by atoms with Crippen LogP contribution in [0.3, 0.4) is 0 Å². The van der Waals surface area contributed by atoms with Crippen molar-refractivity contribution in [2.75, 3.05) is 19.3 Å². The molecule has 0 spiro atoms. The van der Waals surface area contributed by atoms with E-state index in [9.17, 15) is 8.42 Å². The largest absolute Gasteiger partial charge is 0.327 e. The Labute approximate surface area is 127 Å². The third-order valence-electron chi connectivity index (χ3n) is 4.97. The number of piperidine rings is 1. The van der Waals surface area contributed by atoms with E-state index in [-0.39, 0.29) is 6.04 Å². The average molecular weight is 308 g/mol. The lowest BCUT2D eigenvalue weighted by atomic mass is 9.71. The Hall–Kier alpha value is -0.910. The zero-order valence-corrected chi connectivity index (χ0v) is 13.3. The number of rotatable bonds is 4. The number of benzene rings is 1. The smallest absolute Gasteiger partial charge is 0.211 e. The minimum atomic E-state index is -3.06.